The first kappa shape index (κ1) is 20.5. The monoisotopic (exact) mass is 418 g/mol. The van der Waals surface area contributed by atoms with E-state index in [1.165, 1.54) is 25.3 Å². The highest BCUT2D eigenvalue weighted by atomic mass is 19.1. The number of amides is 1. The molecule has 0 unspecified atom stereocenters. The summed E-state index contributed by atoms with van der Waals surface area (Å²) in [4.78, 5) is 12.8. The van der Waals surface area contributed by atoms with Gasteiger partial charge in [0.15, 0.2) is 23.1 Å². The van der Waals surface area contributed by atoms with Crippen LogP contribution in [-0.4, -0.2) is 55.7 Å². The zero-order valence-corrected chi connectivity index (χ0v) is 16.3. The van der Waals surface area contributed by atoms with Crippen LogP contribution in [-0.2, 0) is 16.0 Å². The van der Waals surface area contributed by atoms with Crippen molar-refractivity contribution in [3.05, 3.63) is 53.3 Å². The predicted octanol–water partition coefficient (Wildman–Crippen LogP) is 1.34. The Morgan fingerprint density at radius 1 is 1.17 bits per heavy atom. The Labute approximate surface area is 172 Å². The maximum Gasteiger partial charge on any atom is 0.251 e. The highest BCUT2D eigenvalue weighted by molar-refractivity contribution is 5.95. The van der Waals surface area contributed by atoms with Crippen molar-refractivity contribution in [3.63, 3.8) is 0 Å². The number of ether oxygens (including phenoxy) is 4. The minimum atomic E-state index is -0.696. The SMILES string of the molecule is COc1ccc(C(=O)N[C@@H]2CO[C@H]3[C@@H]2OC[C@H]3O)cc1Oc1ccc(CN)cc1F. The van der Waals surface area contributed by atoms with E-state index in [0.717, 1.165) is 0 Å². The molecule has 4 atom stereocenters. The van der Waals surface area contributed by atoms with Crippen LogP contribution in [0.15, 0.2) is 36.4 Å². The number of benzene rings is 2. The zero-order chi connectivity index (χ0) is 21.3. The Bertz CT molecular complexity index is 940. The number of fused-ring (bicyclic) bond motifs is 1. The number of methoxy groups -OCH3 is 1. The molecule has 1 amide bonds. The highest BCUT2D eigenvalue weighted by Gasteiger charge is 2.47. The molecule has 160 valence electrons. The van der Waals surface area contributed by atoms with Crippen molar-refractivity contribution < 1.29 is 33.2 Å². The number of nitrogens with one attached hydrogen (secondary N) is 1. The van der Waals surface area contributed by atoms with Gasteiger partial charge in [0.1, 0.15) is 18.3 Å². The van der Waals surface area contributed by atoms with E-state index in [1.807, 2.05) is 0 Å². The van der Waals surface area contributed by atoms with E-state index < -0.39 is 24.1 Å². The molecule has 8 nitrogen and oxygen atoms in total. The first-order valence-electron chi connectivity index (χ1n) is 9.56. The Morgan fingerprint density at radius 3 is 2.67 bits per heavy atom. The van der Waals surface area contributed by atoms with Crippen molar-refractivity contribution in [2.75, 3.05) is 20.3 Å². The number of rotatable bonds is 6. The molecule has 4 N–H and O–H groups in total. The van der Waals surface area contributed by atoms with Crippen LogP contribution in [0.2, 0.25) is 0 Å². The topological polar surface area (TPSA) is 112 Å². The van der Waals surface area contributed by atoms with Crippen molar-refractivity contribution in [3.8, 4) is 17.2 Å². The van der Waals surface area contributed by atoms with Gasteiger partial charge in [-0.05, 0) is 35.9 Å². The second-order valence-corrected chi connectivity index (χ2v) is 7.18. The molecule has 2 aliphatic heterocycles. The van der Waals surface area contributed by atoms with E-state index >= 15 is 0 Å². The number of carbonyl (C=O) groups excluding carboxylic acids is 1. The van der Waals surface area contributed by atoms with Gasteiger partial charge >= 0.3 is 0 Å². The molecule has 4 rings (SSSR count). The fourth-order valence-corrected chi connectivity index (χ4v) is 3.62. The van der Waals surface area contributed by atoms with Crippen molar-refractivity contribution in [2.24, 2.45) is 5.73 Å². The van der Waals surface area contributed by atoms with Crippen LogP contribution in [0.1, 0.15) is 15.9 Å². The lowest BCUT2D eigenvalue weighted by molar-refractivity contribution is 0.0178. The van der Waals surface area contributed by atoms with Gasteiger partial charge in [-0.2, -0.15) is 0 Å². The summed E-state index contributed by atoms with van der Waals surface area (Å²) in [5, 5.41) is 12.7. The molecular formula is C21H23FN2O6. The molecule has 2 heterocycles. The lowest BCUT2D eigenvalue weighted by atomic mass is 10.1. The number of halogens is 1. The van der Waals surface area contributed by atoms with Crippen molar-refractivity contribution in [1.82, 2.24) is 5.32 Å². The molecule has 0 aromatic heterocycles. The van der Waals surface area contributed by atoms with Gasteiger partial charge in [0, 0.05) is 12.1 Å². The van der Waals surface area contributed by atoms with Gasteiger partial charge in [-0.1, -0.05) is 6.07 Å². The normalized spacial score (nSPS) is 25.1. The summed E-state index contributed by atoms with van der Waals surface area (Å²) >= 11 is 0. The van der Waals surface area contributed by atoms with Gasteiger partial charge in [-0.25, -0.2) is 4.39 Å². The highest BCUT2D eigenvalue weighted by Crippen LogP contribution is 2.34. The molecule has 0 saturated carbocycles. The third-order valence-electron chi connectivity index (χ3n) is 5.22. The van der Waals surface area contributed by atoms with Gasteiger partial charge in [0.05, 0.1) is 26.4 Å². The summed E-state index contributed by atoms with van der Waals surface area (Å²) in [7, 11) is 1.45. The third kappa shape index (κ3) is 3.97. The van der Waals surface area contributed by atoms with Crippen LogP contribution >= 0.6 is 0 Å². The van der Waals surface area contributed by atoms with Crippen LogP contribution in [0, 0.1) is 5.82 Å². The molecule has 2 aromatic carbocycles. The maximum atomic E-state index is 14.3. The predicted molar refractivity (Wildman–Crippen MR) is 104 cm³/mol. The zero-order valence-electron chi connectivity index (χ0n) is 16.3. The average Bonchev–Trinajstić information content (AvgIpc) is 3.32. The third-order valence-corrected chi connectivity index (χ3v) is 5.22. The molecule has 2 aliphatic rings. The second-order valence-electron chi connectivity index (χ2n) is 7.18. The Kier molecular flexibility index (Phi) is 5.87. The molecule has 0 spiro atoms. The van der Waals surface area contributed by atoms with E-state index in [1.54, 1.807) is 18.2 Å². The maximum absolute atomic E-state index is 14.3. The summed E-state index contributed by atoms with van der Waals surface area (Å²) in [6.45, 7) is 0.636. The molecule has 0 aliphatic carbocycles. The standard InChI is InChI=1S/C21H23FN2O6/c1-27-17-5-3-12(7-18(17)30-16-4-2-11(8-23)6-13(16)22)21(26)24-14-9-28-20-15(25)10-29-19(14)20/h2-7,14-15,19-20,25H,8-10,23H2,1H3,(H,24,26)/t14-,15-,19-,20-/m1/s1. The minimum Gasteiger partial charge on any atom is -0.493 e. The fourth-order valence-electron chi connectivity index (χ4n) is 3.62. The Hall–Kier alpha value is -2.72. The van der Waals surface area contributed by atoms with E-state index in [2.05, 4.69) is 5.32 Å². The Balaban J connectivity index is 1.51. The van der Waals surface area contributed by atoms with Crippen molar-refractivity contribution >= 4 is 5.91 Å². The Morgan fingerprint density at radius 2 is 1.93 bits per heavy atom. The summed E-state index contributed by atoms with van der Waals surface area (Å²) in [5.74, 6) is -0.414. The largest absolute Gasteiger partial charge is 0.493 e. The lowest BCUT2D eigenvalue weighted by Crippen LogP contribution is -2.44. The number of carbonyl (C=O) groups is 1. The van der Waals surface area contributed by atoms with Gasteiger partial charge in [0.2, 0.25) is 0 Å². The second kappa shape index (κ2) is 8.57. The molecule has 0 radical (unpaired) electrons. The summed E-state index contributed by atoms with van der Waals surface area (Å²) in [6, 6.07) is 8.67. The molecule has 2 saturated heterocycles. The molecule has 2 aromatic rings. The first-order valence-corrected chi connectivity index (χ1v) is 9.56. The van der Waals surface area contributed by atoms with Crippen molar-refractivity contribution in [1.29, 1.82) is 0 Å². The van der Waals surface area contributed by atoms with E-state index in [-0.39, 0.29) is 43.2 Å². The number of hydrogen-bond acceptors (Lipinski definition) is 7. The average molecular weight is 418 g/mol. The summed E-state index contributed by atoms with van der Waals surface area (Å²) in [5.41, 5.74) is 6.46. The fraction of sp³-hybridized carbons (Fsp3) is 0.381. The summed E-state index contributed by atoms with van der Waals surface area (Å²) in [6.07, 6.45) is -1.53. The minimum absolute atomic E-state index is 0.0107. The molecule has 0 bridgehead atoms. The van der Waals surface area contributed by atoms with E-state index in [0.29, 0.717) is 16.9 Å². The first-order chi connectivity index (χ1) is 14.5. The van der Waals surface area contributed by atoms with Crippen LogP contribution in [0.5, 0.6) is 17.2 Å². The van der Waals surface area contributed by atoms with Gasteiger partial charge in [-0.15, -0.1) is 0 Å². The number of aliphatic hydroxyl groups excluding tert-OH is 1. The quantitative estimate of drug-likeness (QED) is 0.649. The van der Waals surface area contributed by atoms with E-state index in [9.17, 15) is 14.3 Å². The van der Waals surface area contributed by atoms with Crippen LogP contribution in [0.25, 0.3) is 0 Å². The van der Waals surface area contributed by atoms with Crippen molar-refractivity contribution in [2.45, 2.75) is 30.9 Å². The van der Waals surface area contributed by atoms with Crippen LogP contribution < -0.4 is 20.5 Å². The number of aliphatic hydroxyl groups is 1. The van der Waals surface area contributed by atoms with Crippen LogP contribution in [0.3, 0.4) is 0 Å². The van der Waals surface area contributed by atoms with Gasteiger partial charge in [-0.3, -0.25) is 4.79 Å². The smallest absolute Gasteiger partial charge is 0.251 e. The van der Waals surface area contributed by atoms with Gasteiger partial charge < -0.3 is 35.1 Å². The molecule has 9 heteroatoms. The molecule has 2 fully saturated rings. The van der Waals surface area contributed by atoms with E-state index in [4.69, 9.17) is 24.7 Å². The lowest BCUT2D eigenvalue weighted by Gasteiger charge is -2.18. The molecule has 30 heavy (non-hydrogen) atoms. The van der Waals surface area contributed by atoms with Crippen LogP contribution in [0.4, 0.5) is 4.39 Å². The number of hydrogen-bond donors (Lipinski definition) is 3. The number of nitrogens with two attached hydrogens (primary N) is 1. The van der Waals surface area contributed by atoms with Gasteiger partial charge in [0.25, 0.3) is 5.91 Å². The summed E-state index contributed by atoms with van der Waals surface area (Å²) < 4.78 is 36.3. The molecular weight excluding hydrogens is 395 g/mol.